The van der Waals surface area contributed by atoms with Crippen LogP contribution in [-0.2, 0) is 0 Å². The van der Waals surface area contributed by atoms with Gasteiger partial charge in [0.05, 0.1) is 17.7 Å². The number of furan rings is 1. The van der Waals surface area contributed by atoms with Crippen LogP contribution in [0.5, 0.6) is 0 Å². The summed E-state index contributed by atoms with van der Waals surface area (Å²) in [5, 5.41) is 7.66. The van der Waals surface area contributed by atoms with E-state index in [4.69, 9.17) is 8.94 Å². The van der Waals surface area contributed by atoms with Gasteiger partial charge in [-0.25, -0.2) is 0 Å². The zero-order valence-corrected chi connectivity index (χ0v) is 10.2. The maximum Gasteiger partial charge on any atom is 0.231 e. The van der Waals surface area contributed by atoms with Crippen molar-refractivity contribution in [3.05, 3.63) is 24.0 Å². The third kappa shape index (κ3) is 1.43. The zero-order valence-electron chi connectivity index (χ0n) is 10.2. The van der Waals surface area contributed by atoms with Gasteiger partial charge in [0.15, 0.2) is 0 Å². The molecule has 0 amide bonds. The highest BCUT2D eigenvalue weighted by Gasteiger charge is 2.42. The van der Waals surface area contributed by atoms with Crippen LogP contribution in [0.15, 0.2) is 21.3 Å². The van der Waals surface area contributed by atoms with Crippen molar-refractivity contribution in [2.24, 2.45) is 0 Å². The van der Waals surface area contributed by atoms with Gasteiger partial charge in [-0.15, -0.1) is 0 Å². The summed E-state index contributed by atoms with van der Waals surface area (Å²) in [6.45, 7) is 1.91. The summed E-state index contributed by atoms with van der Waals surface area (Å²) in [6.07, 6.45) is 5.28. The Hall–Kier alpha value is -1.62. The fraction of sp³-hybridized carbons (Fsp3) is 0.538. The highest BCUT2D eigenvalue weighted by molar-refractivity contribution is 5.56. The Kier molecular flexibility index (Phi) is 2.11. The van der Waals surface area contributed by atoms with Crippen LogP contribution < -0.4 is 5.32 Å². The molecule has 5 nitrogen and oxygen atoms in total. The molecular formula is C13H15N3O2. The van der Waals surface area contributed by atoms with Crippen molar-refractivity contribution in [2.45, 2.75) is 44.2 Å². The number of aryl methyl sites for hydroxylation is 1. The van der Waals surface area contributed by atoms with Crippen molar-refractivity contribution in [1.29, 1.82) is 0 Å². The minimum Gasteiger partial charge on any atom is -0.469 e. The number of hydrogen-bond donors (Lipinski definition) is 1. The molecule has 2 bridgehead atoms. The second kappa shape index (κ2) is 3.68. The quantitative estimate of drug-likeness (QED) is 0.879. The molecule has 1 N–H and O–H groups in total. The molecule has 2 aliphatic heterocycles. The first-order valence-electron chi connectivity index (χ1n) is 6.45. The van der Waals surface area contributed by atoms with Gasteiger partial charge in [-0.2, -0.15) is 4.98 Å². The largest absolute Gasteiger partial charge is 0.469 e. The normalized spacial score (nSPS) is 30.2. The van der Waals surface area contributed by atoms with Crippen LogP contribution in [0.1, 0.15) is 36.8 Å². The fourth-order valence-corrected chi connectivity index (χ4v) is 3.21. The Morgan fingerprint density at radius 1 is 1.39 bits per heavy atom. The lowest BCUT2D eigenvalue weighted by atomic mass is 9.89. The number of rotatable bonds is 2. The summed E-state index contributed by atoms with van der Waals surface area (Å²) in [5.74, 6) is 2.62. The summed E-state index contributed by atoms with van der Waals surface area (Å²) in [6, 6.07) is 3.04. The smallest absolute Gasteiger partial charge is 0.231 e. The molecule has 3 unspecified atom stereocenters. The van der Waals surface area contributed by atoms with E-state index in [1.54, 1.807) is 6.26 Å². The van der Waals surface area contributed by atoms with Crippen LogP contribution in [0, 0.1) is 6.92 Å². The van der Waals surface area contributed by atoms with E-state index in [1.807, 2.05) is 13.0 Å². The Balaban J connectivity index is 1.65. The lowest BCUT2D eigenvalue weighted by Gasteiger charge is -2.15. The van der Waals surface area contributed by atoms with E-state index in [0.29, 0.717) is 23.8 Å². The van der Waals surface area contributed by atoms with Gasteiger partial charge in [-0.3, -0.25) is 0 Å². The van der Waals surface area contributed by atoms with Gasteiger partial charge in [0, 0.05) is 12.1 Å². The average Bonchev–Trinajstić information content (AvgIpc) is 3.12. The summed E-state index contributed by atoms with van der Waals surface area (Å²) < 4.78 is 10.7. The first kappa shape index (κ1) is 10.3. The van der Waals surface area contributed by atoms with Gasteiger partial charge >= 0.3 is 0 Å². The van der Waals surface area contributed by atoms with E-state index in [9.17, 15) is 0 Å². The first-order valence-corrected chi connectivity index (χ1v) is 6.45. The molecule has 4 rings (SSSR count). The van der Waals surface area contributed by atoms with Crippen LogP contribution in [0.4, 0.5) is 0 Å². The molecule has 18 heavy (non-hydrogen) atoms. The van der Waals surface area contributed by atoms with E-state index in [2.05, 4.69) is 15.5 Å². The highest BCUT2D eigenvalue weighted by atomic mass is 16.5. The van der Waals surface area contributed by atoms with Crippen molar-refractivity contribution in [3.8, 4) is 11.4 Å². The SMILES string of the molecule is Cc1occc1-c1noc(C2CC3CCC2N3)n1. The highest BCUT2D eigenvalue weighted by Crippen LogP contribution is 2.39. The second-order valence-corrected chi connectivity index (χ2v) is 5.24. The topological polar surface area (TPSA) is 64.1 Å². The van der Waals surface area contributed by atoms with Gasteiger partial charge in [-0.1, -0.05) is 5.16 Å². The van der Waals surface area contributed by atoms with Gasteiger partial charge in [-0.05, 0) is 32.3 Å². The number of nitrogens with one attached hydrogen (secondary N) is 1. The Bertz CT molecular complexity index is 574. The lowest BCUT2D eigenvalue weighted by molar-refractivity contribution is 0.329. The van der Waals surface area contributed by atoms with Gasteiger partial charge in [0.25, 0.3) is 0 Å². The van der Waals surface area contributed by atoms with Crippen LogP contribution >= 0.6 is 0 Å². The first-order chi connectivity index (χ1) is 8.81. The van der Waals surface area contributed by atoms with Crippen LogP contribution in [0.25, 0.3) is 11.4 Å². The second-order valence-electron chi connectivity index (χ2n) is 5.24. The van der Waals surface area contributed by atoms with Gasteiger partial charge in [0.2, 0.25) is 11.7 Å². The molecule has 0 aromatic carbocycles. The maximum absolute atomic E-state index is 5.44. The van der Waals surface area contributed by atoms with Gasteiger partial charge in [0.1, 0.15) is 5.76 Å². The van der Waals surface area contributed by atoms with Crippen molar-refractivity contribution in [3.63, 3.8) is 0 Å². The van der Waals surface area contributed by atoms with Crippen molar-refractivity contribution in [1.82, 2.24) is 15.5 Å². The Morgan fingerprint density at radius 2 is 2.33 bits per heavy atom. The summed E-state index contributed by atoms with van der Waals surface area (Å²) in [5.41, 5.74) is 0.918. The van der Waals surface area contributed by atoms with Crippen molar-refractivity contribution >= 4 is 0 Å². The summed E-state index contributed by atoms with van der Waals surface area (Å²) in [7, 11) is 0. The Labute approximate surface area is 105 Å². The van der Waals surface area contributed by atoms with Gasteiger partial charge < -0.3 is 14.3 Å². The molecule has 5 heteroatoms. The molecule has 0 saturated carbocycles. The maximum atomic E-state index is 5.44. The molecule has 4 heterocycles. The van der Waals surface area contributed by atoms with E-state index < -0.39 is 0 Å². The average molecular weight is 245 g/mol. The number of hydrogen-bond acceptors (Lipinski definition) is 5. The molecule has 0 aliphatic carbocycles. The third-order valence-corrected chi connectivity index (χ3v) is 4.16. The summed E-state index contributed by atoms with van der Waals surface area (Å²) >= 11 is 0. The predicted octanol–water partition coefficient (Wildman–Crippen LogP) is 2.25. The van der Waals surface area contributed by atoms with E-state index in [0.717, 1.165) is 23.6 Å². The minimum atomic E-state index is 0.386. The van der Waals surface area contributed by atoms with E-state index in [1.165, 1.54) is 12.8 Å². The van der Waals surface area contributed by atoms with Crippen LogP contribution in [0.2, 0.25) is 0 Å². The standard InChI is InChI=1S/C13H15N3O2/c1-7-9(4-5-17-7)12-15-13(18-16-12)10-6-8-2-3-11(10)14-8/h4-5,8,10-11,14H,2-3,6H2,1H3. The molecule has 2 saturated heterocycles. The predicted molar refractivity (Wildman–Crippen MR) is 64.0 cm³/mol. The monoisotopic (exact) mass is 245 g/mol. The third-order valence-electron chi connectivity index (χ3n) is 4.16. The van der Waals surface area contributed by atoms with E-state index in [-0.39, 0.29) is 0 Å². The van der Waals surface area contributed by atoms with Crippen LogP contribution in [-0.4, -0.2) is 22.2 Å². The van der Waals surface area contributed by atoms with Crippen molar-refractivity contribution in [2.75, 3.05) is 0 Å². The lowest BCUT2D eigenvalue weighted by Crippen LogP contribution is -2.21. The minimum absolute atomic E-state index is 0.386. The van der Waals surface area contributed by atoms with Crippen molar-refractivity contribution < 1.29 is 8.94 Å². The summed E-state index contributed by atoms with van der Waals surface area (Å²) in [4.78, 5) is 4.54. The molecular weight excluding hydrogens is 230 g/mol. The molecule has 2 aromatic heterocycles. The molecule has 3 atom stereocenters. The number of nitrogens with zero attached hydrogens (tertiary/aromatic N) is 2. The van der Waals surface area contributed by atoms with E-state index >= 15 is 0 Å². The zero-order chi connectivity index (χ0) is 12.1. The molecule has 94 valence electrons. The number of aromatic nitrogens is 2. The Morgan fingerprint density at radius 3 is 3.00 bits per heavy atom. The molecule has 0 radical (unpaired) electrons. The molecule has 0 spiro atoms. The van der Waals surface area contributed by atoms with Crippen LogP contribution in [0.3, 0.4) is 0 Å². The molecule has 2 aliphatic rings. The molecule has 2 aromatic rings. The fourth-order valence-electron chi connectivity index (χ4n) is 3.21. The molecule has 2 fully saturated rings. The number of fused-ring (bicyclic) bond motifs is 2.